The van der Waals surface area contributed by atoms with Gasteiger partial charge in [-0.2, -0.15) is 5.26 Å². The van der Waals surface area contributed by atoms with Crippen LogP contribution in [0.25, 0.3) is 0 Å². The van der Waals surface area contributed by atoms with Gasteiger partial charge in [-0.3, -0.25) is 0 Å². The molecule has 1 aromatic rings. The second-order valence-corrected chi connectivity index (χ2v) is 3.51. The molecule has 1 rings (SSSR count). The number of nitriles is 1. The van der Waals surface area contributed by atoms with E-state index in [2.05, 4.69) is 10.1 Å². The van der Waals surface area contributed by atoms with Gasteiger partial charge in [0, 0.05) is 0 Å². The van der Waals surface area contributed by atoms with Gasteiger partial charge in [-0.05, 0) is 0 Å². The van der Waals surface area contributed by atoms with Crippen LogP contribution in [0.1, 0.15) is 0 Å². The molecular weight excluding hydrogens is 168 g/mol. The Morgan fingerprint density at radius 3 is 2.82 bits per heavy atom. The Morgan fingerprint density at radius 1 is 1.64 bits per heavy atom. The van der Waals surface area contributed by atoms with E-state index in [1.807, 2.05) is 0 Å². The Hall–Kier alpha value is -1.42. The lowest BCUT2D eigenvalue weighted by atomic mass is 10.9. The van der Waals surface area contributed by atoms with Gasteiger partial charge in [0.1, 0.15) is 12.7 Å². The SMILES string of the molecule is N#CCS(=O)(=O)n1cncn1. The molecule has 0 bridgehead atoms. The normalized spacial score (nSPS) is 10.8. The molecule has 0 saturated heterocycles. The third kappa shape index (κ3) is 1.53. The van der Waals surface area contributed by atoms with Crippen molar-refractivity contribution >= 4 is 10.0 Å². The van der Waals surface area contributed by atoms with Crippen molar-refractivity contribution < 1.29 is 8.42 Å². The van der Waals surface area contributed by atoms with Gasteiger partial charge in [0.05, 0.1) is 6.07 Å². The predicted octanol–water partition coefficient (Wildman–Crippen LogP) is -1.02. The highest BCUT2D eigenvalue weighted by Gasteiger charge is 2.11. The van der Waals surface area contributed by atoms with Crippen LogP contribution in [0, 0.1) is 11.3 Å². The molecule has 0 atom stereocenters. The molecule has 58 valence electrons. The average molecular weight is 172 g/mol. The smallest absolute Gasteiger partial charge is 0.222 e. The van der Waals surface area contributed by atoms with Crippen molar-refractivity contribution in [1.82, 2.24) is 14.2 Å². The first kappa shape index (κ1) is 7.68. The zero-order chi connectivity index (χ0) is 8.32. The summed E-state index contributed by atoms with van der Waals surface area (Å²) in [7, 11) is -3.59. The molecule has 7 heteroatoms. The minimum Gasteiger partial charge on any atom is -0.222 e. The van der Waals surface area contributed by atoms with Crippen molar-refractivity contribution in [2.45, 2.75) is 0 Å². The standard InChI is InChI=1S/C4H4N4O2S/c5-1-2-11(9,10)8-4-6-3-7-8/h3-4H,2H2. The molecule has 6 nitrogen and oxygen atoms in total. The van der Waals surface area contributed by atoms with Crippen LogP contribution in [0.3, 0.4) is 0 Å². The van der Waals surface area contributed by atoms with E-state index < -0.39 is 15.8 Å². The van der Waals surface area contributed by atoms with Crippen LogP contribution in [0.2, 0.25) is 0 Å². The summed E-state index contributed by atoms with van der Waals surface area (Å²) in [6.07, 6.45) is 2.13. The van der Waals surface area contributed by atoms with E-state index >= 15 is 0 Å². The first-order valence-corrected chi connectivity index (χ1v) is 4.22. The van der Waals surface area contributed by atoms with Crippen LogP contribution in [0.4, 0.5) is 0 Å². The maximum atomic E-state index is 10.9. The maximum Gasteiger partial charge on any atom is 0.268 e. The Bertz CT molecular complexity index is 359. The highest BCUT2D eigenvalue weighted by Crippen LogP contribution is 1.90. The molecule has 1 heterocycles. The number of hydrogen-bond acceptors (Lipinski definition) is 5. The molecule has 0 fully saturated rings. The maximum absolute atomic E-state index is 10.9. The van der Waals surface area contributed by atoms with Gasteiger partial charge in [-0.25, -0.2) is 13.4 Å². The van der Waals surface area contributed by atoms with Crippen LogP contribution < -0.4 is 0 Å². The van der Waals surface area contributed by atoms with Gasteiger partial charge >= 0.3 is 0 Å². The first-order chi connectivity index (χ1) is 5.17. The average Bonchev–Trinajstić information content (AvgIpc) is 2.37. The number of aromatic nitrogens is 3. The summed E-state index contributed by atoms with van der Waals surface area (Å²) < 4.78 is 22.5. The highest BCUT2D eigenvalue weighted by atomic mass is 32.2. The van der Waals surface area contributed by atoms with Crippen LogP contribution >= 0.6 is 0 Å². The minimum atomic E-state index is -3.59. The molecule has 0 radical (unpaired) electrons. The second-order valence-electron chi connectivity index (χ2n) is 1.68. The Kier molecular flexibility index (Phi) is 1.87. The van der Waals surface area contributed by atoms with E-state index in [-0.39, 0.29) is 0 Å². The van der Waals surface area contributed by atoms with Gasteiger partial charge in [0.2, 0.25) is 0 Å². The van der Waals surface area contributed by atoms with Gasteiger partial charge in [0.25, 0.3) is 10.0 Å². The highest BCUT2D eigenvalue weighted by molar-refractivity contribution is 7.90. The lowest BCUT2D eigenvalue weighted by molar-refractivity contribution is 0.583. The zero-order valence-electron chi connectivity index (χ0n) is 5.38. The van der Waals surface area contributed by atoms with Crippen molar-refractivity contribution in [2.75, 3.05) is 5.75 Å². The van der Waals surface area contributed by atoms with Crippen molar-refractivity contribution in [3.63, 3.8) is 0 Å². The summed E-state index contributed by atoms with van der Waals surface area (Å²) in [5, 5.41) is 11.5. The number of hydrogen-bond donors (Lipinski definition) is 0. The van der Waals surface area contributed by atoms with E-state index in [1.165, 1.54) is 6.07 Å². The molecule has 1 aromatic heterocycles. The Balaban J connectivity index is 3.04. The predicted molar refractivity (Wildman–Crippen MR) is 34.8 cm³/mol. The number of rotatable bonds is 2. The van der Waals surface area contributed by atoms with Gasteiger partial charge in [-0.1, -0.05) is 0 Å². The fraction of sp³-hybridized carbons (Fsp3) is 0.250. The molecule has 0 aliphatic rings. The van der Waals surface area contributed by atoms with Crippen LogP contribution in [-0.4, -0.2) is 28.3 Å². The van der Waals surface area contributed by atoms with Gasteiger partial charge in [-0.15, -0.1) is 9.19 Å². The minimum absolute atomic E-state index is 0.587. The fourth-order valence-corrected chi connectivity index (χ4v) is 1.17. The molecule has 0 N–H and O–H groups in total. The molecular formula is C4H4N4O2S. The van der Waals surface area contributed by atoms with E-state index in [0.717, 1.165) is 12.7 Å². The van der Waals surface area contributed by atoms with Crippen molar-refractivity contribution in [1.29, 1.82) is 5.26 Å². The Morgan fingerprint density at radius 2 is 2.36 bits per heavy atom. The largest absolute Gasteiger partial charge is 0.268 e. The van der Waals surface area contributed by atoms with Crippen LogP contribution in [0.5, 0.6) is 0 Å². The molecule has 11 heavy (non-hydrogen) atoms. The lowest BCUT2D eigenvalue weighted by Gasteiger charge is -1.94. The molecule has 0 amide bonds. The van der Waals surface area contributed by atoms with Gasteiger partial charge in [0.15, 0.2) is 5.75 Å². The summed E-state index contributed by atoms with van der Waals surface area (Å²) in [4.78, 5) is 3.43. The van der Waals surface area contributed by atoms with Crippen molar-refractivity contribution in [3.05, 3.63) is 12.7 Å². The van der Waals surface area contributed by atoms with Crippen LogP contribution in [0.15, 0.2) is 12.7 Å². The van der Waals surface area contributed by atoms with Gasteiger partial charge < -0.3 is 0 Å². The second kappa shape index (κ2) is 2.67. The summed E-state index contributed by atoms with van der Waals surface area (Å²) in [6.45, 7) is 0. The van der Waals surface area contributed by atoms with Crippen molar-refractivity contribution in [3.8, 4) is 6.07 Å². The lowest BCUT2D eigenvalue weighted by Crippen LogP contribution is -2.15. The summed E-state index contributed by atoms with van der Waals surface area (Å²) in [5.41, 5.74) is 0. The van der Waals surface area contributed by atoms with E-state index in [4.69, 9.17) is 5.26 Å². The monoisotopic (exact) mass is 172 g/mol. The zero-order valence-corrected chi connectivity index (χ0v) is 6.19. The van der Waals surface area contributed by atoms with E-state index in [0.29, 0.717) is 4.09 Å². The molecule has 0 saturated carbocycles. The van der Waals surface area contributed by atoms with E-state index in [9.17, 15) is 8.42 Å². The molecule has 0 aliphatic heterocycles. The molecule has 0 spiro atoms. The first-order valence-electron chi connectivity index (χ1n) is 2.61. The summed E-state index contributed by atoms with van der Waals surface area (Å²) >= 11 is 0. The quantitative estimate of drug-likeness (QED) is 0.569. The van der Waals surface area contributed by atoms with Crippen LogP contribution in [-0.2, 0) is 10.0 Å². The molecule has 0 aromatic carbocycles. The Labute approximate surface area is 63.1 Å². The molecule has 0 unspecified atom stereocenters. The topological polar surface area (TPSA) is 88.6 Å². The summed E-state index contributed by atoms with van der Waals surface area (Å²) in [5.74, 6) is -0.587. The van der Waals surface area contributed by atoms with Crippen molar-refractivity contribution in [2.24, 2.45) is 0 Å². The third-order valence-electron chi connectivity index (χ3n) is 0.930. The fourth-order valence-electron chi connectivity index (χ4n) is 0.489. The summed E-state index contributed by atoms with van der Waals surface area (Å²) in [6, 6.07) is 1.52. The number of nitrogens with zero attached hydrogens (tertiary/aromatic N) is 4. The third-order valence-corrected chi connectivity index (χ3v) is 2.18. The van der Waals surface area contributed by atoms with E-state index in [1.54, 1.807) is 0 Å². The molecule has 0 aliphatic carbocycles.